The molecule has 2 rings (SSSR count). The minimum atomic E-state index is -0.315. The molecular formula is C21H26O2. The predicted molar refractivity (Wildman–Crippen MR) is 96.1 cm³/mol. The number of allylic oxidation sites excluding steroid dienone is 5. The van der Waals surface area contributed by atoms with Crippen LogP contribution in [0, 0.1) is 16.7 Å². The highest BCUT2D eigenvalue weighted by molar-refractivity contribution is 6.05. The van der Waals surface area contributed by atoms with E-state index in [0.717, 1.165) is 16.7 Å². The summed E-state index contributed by atoms with van der Waals surface area (Å²) in [5.41, 5.74) is 2.33. The van der Waals surface area contributed by atoms with Gasteiger partial charge in [-0.2, -0.15) is 0 Å². The molecule has 1 aromatic carbocycles. The third kappa shape index (κ3) is 3.47. The molecule has 0 saturated heterocycles. The molecule has 122 valence electrons. The Hall–Kier alpha value is -2.09. The molecule has 2 heteroatoms. The van der Waals surface area contributed by atoms with E-state index in [-0.39, 0.29) is 28.3 Å². The van der Waals surface area contributed by atoms with Crippen LogP contribution < -0.4 is 0 Å². The molecule has 0 spiro atoms. The number of aromatic hydroxyl groups is 1. The van der Waals surface area contributed by atoms with Crippen LogP contribution >= 0.6 is 0 Å². The first-order chi connectivity index (χ1) is 10.6. The number of carbonyl (C=O) groups is 1. The van der Waals surface area contributed by atoms with E-state index >= 15 is 0 Å². The molecule has 2 nitrogen and oxygen atoms in total. The van der Waals surface area contributed by atoms with E-state index in [0.29, 0.717) is 0 Å². The molecule has 0 amide bonds. The van der Waals surface area contributed by atoms with Crippen LogP contribution in [0.1, 0.15) is 40.2 Å². The Morgan fingerprint density at radius 2 is 1.65 bits per heavy atom. The van der Waals surface area contributed by atoms with Crippen molar-refractivity contribution in [3.63, 3.8) is 0 Å². The van der Waals surface area contributed by atoms with Crippen molar-refractivity contribution >= 4 is 11.4 Å². The topological polar surface area (TPSA) is 37.3 Å². The molecule has 0 aliphatic heterocycles. The fraction of sp³-hybridized carbons (Fsp3) is 0.381. The number of carbonyl (C=O) groups excluding carboxylic acids is 1. The van der Waals surface area contributed by atoms with Crippen LogP contribution in [0.3, 0.4) is 0 Å². The largest absolute Gasteiger partial charge is 0.508 e. The van der Waals surface area contributed by atoms with E-state index in [4.69, 9.17) is 0 Å². The molecule has 1 unspecified atom stereocenters. The molecule has 23 heavy (non-hydrogen) atoms. The molecule has 0 fully saturated rings. The van der Waals surface area contributed by atoms with Crippen LogP contribution in [0.5, 0.6) is 5.75 Å². The number of ketones is 1. The van der Waals surface area contributed by atoms with Gasteiger partial charge in [0.2, 0.25) is 0 Å². The van der Waals surface area contributed by atoms with E-state index in [2.05, 4.69) is 27.4 Å². The summed E-state index contributed by atoms with van der Waals surface area (Å²) in [7, 11) is 0. The third-order valence-corrected chi connectivity index (χ3v) is 4.53. The quantitative estimate of drug-likeness (QED) is 0.783. The molecular weight excluding hydrogens is 284 g/mol. The van der Waals surface area contributed by atoms with Crippen LogP contribution in [-0.2, 0) is 4.79 Å². The van der Waals surface area contributed by atoms with Crippen molar-refractivity contribution in [3.05, 3.63) is 60.2 Å². The van der Waals surface area contributed by atoms with Gasteiger partial charge in [0.25, 0.3) is 0 Å². The van der Waals surface area contributed by atoms with Gasteiger partial charge in [0.05, 0.1) is 0 Å². The summed E-state index contributed by atoms with van der Waals surface area (Å²) in [6.45, 7) is 14.2. The summed E-state index contributed by atoms with van der Waals surface area (Å²) < 4.78 is 0. The van der Waals surface area contributed by atoms with E-state index < -0.39 is 0 Å². The lowest BCUT2D eigenvalue weighted by Gasteiger charge is -2.35. The second-order valence-electron chi connectivity index (χ2n) is 7.84. The van der Waals surface area contributed by atoms with Crippen LogP contribution in [0.2, 0.25) is 0 Å². The zero-order chi connectivity index (χ0) is 17.4. The van der Waals surface area contributed by atoms with Gasteiger partial charge in [-0.15, -0.1) is 6.58 Å². The number of rotatable bonds is 3. The summed E-state index contributed by atoms with van der Waals surface area (Å²) >= 11 is 0. The maximum Gasteiger partial charge on any atom is 0.167 e. The smallest absolute Gasteiger partial charge is 0.167 e. The van der Waals surface area contributed by atoms with Crippen molar-refractivity contribution in [1.82, 2.24) is 0 Å². The highest BCUT2D eigenvalue weighted by atomic mass is 16.3. The zero-order valence-electron chi connectivity index (χ0n) is 14.7. The van der Waals surface area contributed by atoms with Crippen molar-refractivity contribution in [2.24, 2.45) is 16.7 Å². The number of phenols is 1. The molecule has 1 aliphatic rings. The molecule has 0 radical (unpaired) electrons. The first kappa shape index (κ1) is 17.3. The van der Waals surface area contributed by atoms with Gasteiger partial charge in [-0.3, -0.25) is 4.79 Å². The molecule has 1 aliphatic carbocycles. The lowest BCUT2D eigenvalue weighted by Crippen LogP contribution is -2.34. The van der Waals surface area contributed by atoms with Gasteiger partial charge in [-0.25, -0.2) is 0 Å². The van der Waals surface area contributed by atoms with Crippen molar-refractivity contribution in [1.29, 1.82) is 0 Å². The number of hydrogen-bond donors (Lipinski definition) is 1. The monoisotopic (exact) mass is 310 g/mol. The zero-order valence-corrected chi connectivity index (χ0v) is 14.7. The highest BCUT2D eigenvalue weighted by Gasteiger charge is 2.38. The lowest BCUT2D eigenvalue weighted by atomic mass is 9.67. The fourth-order valence-corrected chi connectivity index (χ4v) is 2.80. The summed E-state index contributed by atoms with van der Waals surface area (Å²) in [4.78, 5) is 13.0. The Kier molecular flexibility index (Phi) is 4.39. The second kappa shape index (κ2) is 5.84. The van der Waals surface area contributed by atoms with Gasteiger partial charge in [0, 0.05) is 11.5 Å². The Labute approximate surface area is 139 Å². The number of Topliss-reactive ketones (excluding diaryl/α,β-unsaturated/α-hetero) is 1. The molecule has 0 heterocycles. The Morgan fingerprint density at radius 3 is 2.13 bits per heavy atom. The van der Waals surface area contributed by atoms with Crippen LogP contribution in [0.25, 0.3) is 5.57 Å². The number of benzene rings is 1. The van der Waals surface area contributed by atoms with Crippen molar-refractivity contribution < 1.29 is 9.90 Å². The molecule has 0 saturated carbocycles. The summed E-state index contributed by atoms with van der Waals surface area (Å²) in [5.74, 6) is 0.178. The molecule has 1 aromatic rings. The normalized spacial score (nSPS) is 19.2. The van der Waals surface area contributed by atoms with Crippen LogP contribution in [0.15, 0.2) is 54.6 Å². The van der Waals surface area contributed by atoms with Crippen molar-refractivity contribution in [3.8, 4) is 5.75 Å². The Bertz CT molecular complexity index is 680. The van der Waals surface area contributed by atoms with Crippen LogP contribution in [0.4, 0.5) is 0 Å². The summed E-state index contributed by atoms with van der Waals surface area (Å²) in [6.07, 6.45) is 5.88. The standard InChI is InChI=1S/C21H26O2/c1-7-21(5,6)18-13-15(14-8-10-16(22)11-9-14)12-17(19(18)23)20(2,3)4/h7-13,18,22H,1H2,2-6H3. The average molecular weight is 310 g/mol. The van der Waals surface area contributed by atoms with E-state index in [1.807, 2.05) is 44.2 Å². The van der Waals surface area contributed by atoms with Gasteiger partial charge >= 0.3 is 0 Å². The molecule has 1 N–H and O–H groups in total. The van der Waals surface area contributed by atoms with Gasteiger partial charge in [-0.1, -0.05) is 58.9 Å². The highest BCUT2D eigenvalue weighted by Crippen LogP contribution is 2.42. The Morgan fingerprint density at radius 1 is 1.09 bits per heavy atom. The van der Waals surface area contributed by atoms with Crippen LogP contribution in [-0.4, -0.2) is 10.9 Å². The SMILES string of the molecule is C=CC(C)(C)C1C=C(c2ccc(O)cc2)C=C(C(C)(C)C)C1=O. The maximum atomic E-state index is 13.0. The van der Waals surface area contributed by atoms with Gasteiger partial charge in [0.15, 0.2) is 5.78 Å². The number of phenolic OH excluding ortho intramolecular Hbond substituents is 1. The minimum Gasteiger partial charge on any atom is -0.508 e. The Balaban J connectivity index is 2.60. The first-order valence-corrected chi connectivity index (χ1v) is 7.97. The van der Waals surface area contributed by atoms with E-state index in [9.17, 15) is 9.90 Å². The van der Waals surface area contributed by atoms with E-state index in [1.165, 1.54) is 0 Å². The van der Waals surface area contributed by atoms with Crippen molar-refractivity contribution in [2.45, 2.75) is 34.6 Å². The molecule has 1 atom stereocenters. The fourth-order valence-electron chi connectivity index (χ4n) is 2.80. The summed E-state index contributed by atoms with van der Waals surface area (Å²) in [5, 5.41) is 9.50. The van der Waals surface area contributed by atoms with E-state index in [1.54, 1.807) is 12.1 Å². The summed E-state index contributed by atoms with van der Waals surface area (Å²) in [6, 6.07) is 7.10. The minimum absolute atomic E-state index is 0.171. The number of hydrogen-bond acceptors (Lipinski definition) is 2. The molecule has 0 bridgehead atoms. The lowest BCUT2D eigenvalue weighted by molar-refractivity contribution is -0.120. The van der Waals surface area contributed by atoms with Gasteiger partial charge in [-0.05, 0) is 40.2 Å². The average Bonchev–Trinajstić information content (AvgIpc) is 2.47. The van der Waals surface area contributed by atoms with Gasteiger partial charge < -0.3 is 5.11 Å². The predicted octanol–water partition coefficient (Wildman–Crippen LogP) is 5.16. The third-order valence-electron chi connectivity index (χ3n) is 4.53. The first-order valence-electron chi connectivity index (χ1n) is 7.97. The maximum absolute atomic E-state index is 13.0. The van der Waals surface area contributed by atoms with Gasteiger partial charge in [0.1, 0.15) is 5.75 Å². The second-order valence-corrected chi connectivity index (χ2v) is 7.84. The van der Waals surface area contributed by atoms with Crippen molar-refractivity contribution in [2.75, 3.05) is 0 Å². The molecule has 0 aromatic heterocycles.